The molecule has 0 aliphatic heterocycles. The lowest BCUT2D eigenvalue weighted by Crippen LogP contribution is -2.37. The Labute approximate surface area is 182 Å². The Balaban J connectivity index is 0.00000676. The summed E-state index contributed by atoms with van der Waals surface area (Å²) in [4.78, 5) is 4.70. The Morgan fingerprint density at radius 2 is 1.81 bits per heavy atom. The first-order valence-corrected chi connectivity index (χ1v) is 9.91. The zero-order valence-corrected chi connectivity index (χ0v) is 19.8. The van der Waals surface area contributed by atoms with Crippen LogP contribution in [-0.2, 0) is 22.6 Å². The maximum Gasteiger partial charge on any atom is 0.191 e. The molecule has 0 spiro atoms. The van der Waals surface area contributed by atoms with Gasteiger partial charge in [-0.25, -0.2) is 4.99 Å². The van der Waals surface area contributed by atoms with Crippen molar-refractivity contribution < 1.29 is 9.47 Å². The normalized spacial score (nSPS) is 11.4. The van der Waals surface area contributed by atoms with Gasteiger partial charge >= 0.3 is 0 Å². The standard InChI is InChI=1S/C21H37N3O2.HI/c1-5-22-21(23-12-8-9-18(3)4)24-16-19-10-7-11-20(15-19)17-26-14-13-25-6-2;/h7,10-11,15,18H,5-6,8-9,12-14,16-17H2,1-4H3,(H2,22,23,24);1H. The van der Waals surface area contributed by atoms with E-state index in [1.165, 1.54) is 17.5 Å². The van der Waals surface area contributed by atoms with Crippen LogP contribution in [0.3, 0.4) is 0 Å². The fourth-order valence-electron chi connectivity index (χ4n) is 2.50. The van der Waals surface area contributed by atoms with Gasteiger partial charge in [-0.05, 0) is 43.7 Å². The summed E-state index contributed by atoms with van der Waals surface area (Å²) in [6.07, 6.45) is 2.40. The molecule has 1 aromatic rings. The van der Waals surface area contributed by atoms with Crippen LogP contribution in [0.25, 0.3) is 0 Å². The van der Waals surface area contributed by atoms with E-state index in [2.05, 4.69) is 55.7 Å². The molecule has 0 amide bonds. The lowest BCUT2D eigenvalue weighted by molar-refractivity contribution is 0.0453. The highest BCUT2D eigenvalue weighted by Crippen LogP contribution is 2.08. The first kappa shape index (κ1) is 26.1. The zero-order valence-electron chi connectivity index (χ0n) is 17.4. The highest BCUT2D eigenvalue weighted by atomic mass is 127. The zero-order chi connectivity index (χ0) is 19.0. The number of ether oxygens (including phenoxy) is 2. The van der Waals surface area contributed by atoms with E-state index >= 15 is 0 Å². The van der Waals surface area contributed by atoms with Crippen LogP contribution in [0.1, 0.15) is 51.7 Å². The minimum Gasteiger partial charge on any atom is -0.379 e. The van der Waals surface area contributed by atoms with Crippen molar-refractivity contribution in [3.05, 3.63) is 35.4 Å². The molecule has 5 nitrogen and oxygen atoms in total. The van der Waals surface area contributed by atoms with E-state index in [4.69, 9.17) is 14.5 Å². The van der Waals surface area contributed by atoms with Gasteiger partial charge < -0.3 is 20.1 Å². The largest absolute Gasteiger partial charge is 0.379 e. The molecule has 0 heterocycles. The second-order valence-corrected chi connectivity index (χ2v) is 6.73. The number of halogens is 1. The van der Waals surface area contributed by atoms with Crippen molar-refractivity contribution in [3.8, 4) is 0 Å². The Hall–Kier alpha value is -0.860. The number of benzene rings is 1. The molecule has 0 atom stereocenters. The van der Waals surface area contributed by atoms with Crippen molar-refractivity contribution in [1.29, 1.82) is 0 Å². The summed E-state index contributed by atoms with van der Waals surface area (Å²) in [5, 5.41) is 6.72. The minimum absolute atomic E-state index is 0. The Kier molecular flexibility index (Phi) is 16.7. The topological polar surface area (TPSA) is 54.9 Å². The van der Waals surface area contributed by atoms with Crippen LogP contribution in [0.4, 0.5) is 0 Å². The van der Waals surface area contributed by atoms with Crippen LogP contribution < -0.4 is 10.6 Å². The molecule has 27 heavy (non-hydrogen) atoms. The fraction of sp³-hybridized carbons (Fsp3) is 0.667. The van der Waals surface area contributed by atoms with Crippen LogP contribution in [-0.4, -0.2) is 38.9 Å². The Morgan fingerprint density at radius 1 is 1.07 bits per heavy atom. The van der Waals surface area contributed by atoms with Gasteiger partial charge in [0.15, 0.2) is 5.96 Å². The van der Waals surface area contributed by atoms with Gasteiger partial charge in [-0.2, -0.15) is 0 Å². The van der Waals surface area contributed by atoms with Crippen LogP contribution in [0.2, 0.25) is 0 Å². The molecule has 1 aromatic carbocycles. The van der Waals surface area contributed by atoms with Gasteiger partial charge in [-0.15, -0.1) is 24.0 Å². The Morgan fingerprint density at radius 3 is 2.52 bits per heavy atom. The van der Waals surface area contributed by atoms with Crippen molar-refractivity contribution in [2.24, 2.45) is 10.9 Å². The van der Waals surface area contributed by atoms with E-state index in [9.17, 15) is 0 Å². The van der Waals surface area contributed by atoms with Gasteiger partial charge in [0.2, 0.25) is 0 Å². The van der Waals surface area contributed by atoms with Crippen molar-refractivity contribution in [2.45, 2.75) is 53.7 Å². The molecule has 0 radical (unpaired) electrons. The molecule has 0 aliphatic rings. The average Bonchev–Trinajstić information content (AvgIpc) is 2.63. The average molecular weight is 491 g/mol. The van der Waals surface area contributed by atoms with Crippen LogP contribution in [0.5, 0.6) is 0 Å². The molecule has 0 fully saturated rings. The van der Waals surface area contributed by atoms with Crippen LogP contribution in [0, 0.1) is 5.92 Å². The molecule has 156 valence electrons. The molecular weight excluding hydrogens is 453 g/mol. The van der Waals surface area contributed by atoms with E-state index in [-0.39, 0.29) is 24.0 Å². The smallest absolute Gasteiger partial charge is 0.191 e. The maximum absolute atomic E-state index is 5.64. The predicted molar refractivity (Wildman–Crippen MR) is 125 cm³/mol. The molecule has 0 saturated carbocycles. The summed E-state index contributed by atoms with van der Waals surface area (Å²) < 4.78 is 10.9. The van der Waals surface area contributed by atoms with E-state index in [0.29, 0.717) is 26.4 Å². The monoisotopic (exact) mass is 491 g/mol. The number of hydrogen-bond donors (Lipinski definition) is 2. The number of nitrogens with one attached hydrogen (secondary N) is 2. The SMILES string of the molecule is CCNC(=NCc1cccc(COCCOCC)c1)NCCCC(C)C.I. The lowest BCUT2D eigenvalue weighted by Gasteiger charge is -2.12. The van der Waals surface area contributed by atoms with Gasteiger partial charge in [-0.3, -0.25) is 0 Å². The molecule has 2 N–H and O–H groups in total. The van der Waals surface area contributed by atoms with E-state index < -0.39 is 0 Å². The number of rotatable bonds is 13. The van der Waals surface area contributed by atoms with E-state index in [1.807, 2.05) is 6.92 Å². The van der Waals surface area contributed by atoms with Crippen molar-refractivity contribution in [2.75, 3.05) is 32.9 Å². The third-order valence-corrected chi connectivity index (χ3v) is 3.85. The molecule has 0 aromatic heterocycles. The molecule has 6 heteroatoms. The second-order valence-electron chi connectivity index (χ2n) is 6.73. The first-order chi connectivity index (χ1) is 12.7. The van der Waals surface area contributed by atoms with Gasteiger partial charge in [0, 0.05) is 19.7 Å². The lowest BCUT2D eigenvalue weighted by atomic mass is 10.1. The summed E-state index contributed by atoms with van der Waals surface area (Å²) in [7, 11) is 0. The van der Waals surface area contributed by atoms with Crippen molar-refractivity contribution in [1.82, 2.24) is 10.6 Å². The minimum atomic E-state index is 0. The molecule has 0 saturated heterocycles. The molecule has 0 bridgehead atoms. The molecule has 0 unspecified atom stereocenters. The summed E-state index contributed by atoms with van der Waals surface area (Å²) in [5.74, 6) is 1.63. The molecule has 1 rings (SSSR count). The van der Waals surface area contributed by atoms with Crippen molar-refractivity contribution in [3.63, 3.8) is 0 Å². The Bertz CT molecular complexity index is 510. The maximum atomic E-state index is 5.64. The van der Waals surface area contributed by atoms with E-state index in [0.717, 1.165) is 38.0 Å². The first-order valence-electron chi connectivity index (χ1n) is 9.91. The number of hydrogen-bond acceptors (Lipinski definition) is 3. The predicted octanol–water partition coefficient (Wildman–Crippen LogP) is 4.35. The van der Waals surface area contributed by atoms with Gasteiger partial charge in [0.25, 0.3) is 0 Å². The summed E-state index contributed by atoms with van der Waals surface area (Å²) in [5.41, 5.74) is 2.36. The quantitative estimate of drug-likeness (QED) is 0.187. The second kappa shape index (κ2) is 17.3. The third kappa shape index (κ3) is 13.9. The van der Waals surface area contributed by atoms with Crippen LogP contribution >= 0.6 is 24.0 Å². The number of nitrogens with zero attached hydrogens (tertiary/aromatic N) is 1. The fourth-order valence-corrected chi connectivity index (χ4v) is 2.50. The van der Waals surface area contributed by atoms with Crippen molar-refractivity contribution >= 4 is 29.9 Å². The van der Waals surface area contributed by atoms with Crippen LogP contribution in [0.15, 0.2) is 29.3 Å². The summed E-state index contributed by atoms with van der Waals surface area (Å²) >= 11 is 0. The van der Waals surface area contributed by atoms with E-state index in [1.54, 1.807) is 0 Å². The van der Waals surface area contributed by atoms with Gasteiger partial charge in [0.1, 0.15) is 0 Å². The highest BCUT2D eigenvalue weighted by molar-refractivity contribution is 14.0. The summed E-state index contributed by atoms with van der Waals surface area (Å²) in [6.45, 7) is 13.7. The number of aliphatic imine (C=N–C) groups is 1. The van der Waals surface area contributed by atoms with Gasteiger partial charge in [0.05, 0.1) is 26.4 Å². The molecule has 0 aliphatic carbocycles. The summed E-state index contributed by atoms with van der Waals surface area (Å²) in [6, 6.07) is 8.42. The number of guanidine groups is 1. The third-order valence-electron chi connectivity index (χ3n) is 3.85. The highest BCUT2D eigenvalue weighted by Gasteiger charge is 2.00. The van der Waals surface area contributed by atoms with Gasteiger partial charge in [-0.1, -0.05) is 38.1 Å². The molecular formula is C21H38IN3O2.